The monoisotopic (exact) mass is 676 g/mol. The van der Waals surface area contributed by atoms with Crippen molar-refractivity contribution in [3.05, 3.63) is 43.2 Å². The molecule has 0 aromatic carbocycles. The van der Waals surface area contributed by atoms with Gasteiger partial charge in [-0.2, -0.15) is 16.3 Å². The van der Waals surface area contributed by atoms with Crippen LogP contribution < -0.4 is 21.8 Å². The quantitative estimate of drug-likeness (QED) is 0.112. The van der Waals surface area contributed by atoms with Gasteiger partial charge in [0.15, 0.2) is 6.29 Å². The Kier molecular flexibility index (Phi) is 11.2. The van der Waals surface area contributed by atoms with Crippen LogP contribution in [-0.4, -0.2) is 147 Å². The van der Waals surface area contributed by atoms with Gasteiger partial charge in [-0.3, -0.25) is 23.7 Å². The zero-order valence-corrected chi connectivity index (χ0v) is 26.2. The molecule has 2 aromatic rings. The molecule has 1 aliphatic carbocycles. The summed E-state index contributed by atoms with van der Waals surface area (Å²) in [5.74, 6) is -1.41. The summed E-state index contributed by atoms with van der Waals surface area (Å²) in [4.78, 5) is 50.8. The number of aromatic nitrogens is 2. The minimum absolute atomic E-state index is 0.0761. The van der Waals surface area contributed by atoms with Crippen molar-refractivity contribution in [3.8, 4) is 0 Å². The maximum Gasteiger partial charge on any atom is 0.277 e. The molecule has 9 unspecified atom stereocenters. The van der Waals surface area contributed by atoms with Gasteiger partial charge in [-0.1, -0.05) is 0 Å². The third-order valence-corrected chi connectivity index (χ3v) is 9.59. The van der Waals surface area contributed by atoms with Gasteiger partial charge >= 0.3 is 0 Å². The highest BCUT2D eigenvalue weighted by Gasteiger charge is 2.53. The van der Waals surface area contributed by atoms with Crippen molar-refractivity contribution in [2.75, 3.05) is 12.4 Å². The van der Waals surface area contributed by atoms with Crippen LogP contribution in [0.4, 0.5) is 0 Å². The molecule has 46 heavy (non-hydrogen) atoms. The zero-order chi connectivity index (χ0) is 34.4. The lowest BCUT2D eigenvalue weighted by Gasteiger charge is -2.47. The first-order valence-corrected chi connectivity index (χ1v) is 15.6. The first kappa shape index (κ1) is 36.2. The van der Waals surface area contributed by atoms with Crippen LogP contribution in [0.5, 0.6) is 0 Å². The fraction of sp³-hybridized carbons (Fsp3) is 0.704. The van der Waals surface area contributed by atoms with Crippen LogP contribution in [-0.2, 0) is 24.8 Å². The molecular weight excluding hydrogens is 636 g/mol. The average molecular weight is 677 g/mol. The van der Waals surface area contributed by atoms with Crippen molar-refractivity contribution in [2.45, 2.75) is 107 Å². The second kappa shape index (κ2) is 14.2. The molecule has 3 heterocycles. The van der Waals surface area contributed by atoms with Crippen LogP contribution in [0.3, 0.4) is 0 Å². The minimum atomic E-state index is -1.97. The molecule has 2 aliphatic rings. The Morgan fingerprint density at radius 3 is 2.00 bits per heavy atom. The van der Waals surface area contributed by atoms with E-state index < -0.39 is 103 Å². The van der Waals surface area contributed by atoms with Crippen molar-refractivity contribution in [1.29, 1.82) is 0 Å². The van der Waals surface area contributed by atoms with Gasteiger partial charge in [-0.05, 0) is 20.8 Å². The number of carbonyl (C=O) groups is 2. The molecular formula is C27H40N4O14S. The van der Waals surface area contributed by atoms with Crippen LogP contribution in [0.25, 0.3) is 0 Å². The molecule has 2 aromatic heterocycles. The lowest BCUT2D eigenvalue weighted by Crippen LogP contribution is -2.69. The third-order valence-electron chi connectivity index (χ3n) is 8.55. The Labute approximate surface area is 265 Å². The Balaban J connectivity index is 1.54. The summed E-state index contributed by atoms with van der Waals surface area (Å²) in [6.45, 7) is 5.20. The number of thioether (sulfide) groups is 1. The highest BCUT2D eigenvalue weighted by atomic mass is 32.2. The zero-order valence-electron chi connectivity index (χ0n) is 25.4. The summed E-state index contributed by atoms with van der Waals surface area (Å²) >= 11 is 1.15. The molecule has 18 nitrogen and oxygen atoms in total. The number of aliphatic hydroxyl groups is 8. The van der Waals surface area contributed by atoms with E-state index in [0.29, 0.717) is 22.5 Å². The smallest absolute Gasteiger partial charge is 0.277 e. The summed E-state index contributed by atoms with van der Waals surface area (Å²) in [5.41, 5.74) is 0.901. The van der Waals surface area contributed by atoms with E-state index in [0.717, 1.165) is 23.2 Å². The first-order chi connectivity index (χ1) is 21.5. The van der Waals surface area contributed by atoms with E-state index in [9.17, 15) is 60.0 Å². The third kappa shape index (κ3) is 6.54. The lowest BCUT2D eigenvalue weighted by atomic mass is 9.84. The Morgan fingerprint density at radius 2 is 1.43 bits per heavy atom. The summed E-state index contributed by atoms with van der Waals surface area (Å²) < 4.78 is 13.6. The van der Waals surface area contributed by atoms with Crippen molar-refractivity contribution < 1.29 is 59.9 Å². The average Bonchev–Trinajstić information content (AvgIpc) is 3.39. The number of ether oxygens (including phenoxy) is 2. The molecule has 2 amide bonds. The molecule has 1 saturated carbocycles. The van der Waals surface area contributed by atoms with Crippen molar-refractivity contribution in [1.82, 2.24) is 19.7 Å². The molecule has 1 aliphatic heterocycles. The number of hydrogen-bond donors (Lipinski definition) is 10. The van der Waals surface area contributed by atoms with Gasteiger partial charge in [0.25, 0.3) is 11.1 Å². The number of amides is 2. The van der Waals surface area contributed by atoms with E-state index in [1.54, 1.807) is 20.8 Å². The molecule has 258 valence electrons. The topological polar surface area (TPSA) is 281 Å². The maximum atomic E-state index is 13.5. The second-order valence-electron chi connectivity index (χ2n) is 11.6. The Hall–Kier alpha value is -2.69. The van der Waals surface area contributed by atoms with Gasteiger partial charge in [0.2, 0.25) is 11.8 Å². The largest absolute Gasteiger partial charge is 0.394 e. The molecule has 0 bridgehead atoms. The van der Waals surface area contributed by atoms with Gasteiger partial charge in [0, 0.05) is 35.3 Å². The number of fused-ring (bicyclic) bond motifs is 1. The van der Waals surface area contributed by atoms with Crippen molar-refractivity contribution in [2.24, 2.45) is 0 Å². The fourth-order valence-corrected chi connectivity index (χ4v) is 6.78. The molecule has 0 radical (unpaired) electrons. The summed E-state index contributed by atoms with van der Waals surface area (Å²) in [6, 6.07) is -2.91. The van der Waals surface area contributed by atoms with Gasteiger partial charge < -0.3 is 61.0 Å². The van der Waals surface area contributed by atoms with Gasteiger partial charge in [0.05, 0.1) is 12.3 Å². The number of hydrogen-bond acceptors (Lipinski definition) is 15. The molecule has 4 rings (SSSR count). The highest BCUT2D eigenvalue weighted by Crippen LogP contribution is 2.29. The Morgan fingerprint density at radius 1 is 0.870 bits per heavy atom. The van der Waals surface area contributed by atoms with E-state index in [2.05, 4.69) is 10.6 Å². The minimum Gasteiger partial charge on any atom is -0.394 e. The Bertz CT molecular complexity index is 1520. The van der Waals surface area contributed by atoms with Crippen molar-refractivity contribution in [3.63, 3.8) is 0 Å². The summed E-state index contributed by atoms with van der Waals surface area (Å²) in [5, 5.41) is 86.9. The molecule has 10 atom stereocenters. The maximum absolute atomic E-state index is 13.5. The van der Waals surface area contributed by atoms with Gasteiger partial charge in [-0.15, -0.1) is 0 Å². The predicted octanol–water partition coefficient (Wildman–Crippen LogP) is -6.01. The summed E-state index contributed by atoms with van der Waals surface area (Å²) in [7, 11) is 0. The van der Waals surface area contributed by atoms with Crippen LogP contribution in [0, 0.1) is 20.8 Å². The van der Waals surface area contributed by atoms with Crippen LogP contribution in [0.1, 0.15) is 29.4 Å². The standard InChI is InChI=1S/C27H40N4O14S/c1-8-10(3)30-13(9(2)26(43)31(30)25(8)42)7-46-6-12(28-11(4)33)24(41)29-15-17(35)16(34)14(5-32)44-27(15)45-23-21(39)19(37)18(36)20(38)22(23)40/h12,14-23,27,32,34-40H,5-7H2,1-4H3,(H,28,33)(H,29,41)/t12-,14?,15?,16?,17?,18?,19?,20?,21?,22?,23?,27?/m0/s1. The van der Waals surface area contributed by atoms with Gasteiger partial charge in [-0.25, -0.2) is 0 Å². The van der Waals surface area contributed by atoms with E-state index in [1.165, 1.54) is 4.52 Å². The molecule has 2 fully saturated rings. The van der Waals surface area contributed by atoms with Crippen LogP contribution >= 0.6 is 11.8 Å². The van der Waals surface area contributed by atoms with E-state index in [-0.39, 0.29) is 11.5 Å². The van der Waals surface area contributed by atoms with Gasteiger partial charge in [0.1, 0.15) is 67.0 Å². The van der Waals surface area contributed by atoms with Crippen LogP contribution in [0.2, 0.25) is 0 Å². The fourth-order valence-electron chi connectivity index (χ4n) is 5.66. The number of nitrogens with zero attached hydrogens (tertiary/aromatic N) is 2. The second-order valence-corrected chi connectivity index (χ2v) is 12.6. The number of carbonyl (C=O) groups excluding carboxylic acids is 2. The molecule has 10 N–H and O–H groups in total. The van der Waals surface area contributed by atoms with Crippen molar-refractivity contribution >= 4 is 23.6 Å². The SMILES string of the molecule is CC(=O)N[C@@H](CSCc1c(C)c(=O)n2c(=O)c(C)c(C)n12)C(=O)NC1C(OC2C(O)C(O)C(O)C(O)C2O)OC(CO)C(O)C1O. The van der Waals surface area contributed by atoms with E-state index >= 15 is 0 Å². The van der Waals surface area contributed by atoms with E-state index in [1.807, 2.05) is 0 Å². The number of aliphatic hydroxyl groups excluding tert-OH is 8. The predicted molar refractivity (Wildman–Crippen MR) is 157 cm³/mol. The van der Waals surface area contributed by atoms with E-state index in [4.69, 9.17) is 9.47 Å². The van der Waals surface area contributed by atoms with Crippen LogP contribution in [0.15, 0.2) is 9.59 Å². The lowest BCUT2D eigenvalue weighted by molar-refractivity contribution is -0.319. The number of aryl methyl sites for hydroxylation is 1. The summed E-state index contributed by atoms with van der Waals surface area (Å²) in [6.07, 6.45) is -18.5. The number of rotatable bonds is 10. The number of nitrogens with one attached hydrogen (secondary N) is 2. The highest BCUT2D eigenvalue weighted by molar-refractivity contribution is 7.98. The normalized spacial score (nSPS) is 34.0. The molecule has 0 spiro atoms. The molecule has 19 heteroatoms. The first-order valence-electron chi connectivity index (χ1n) is 14.4. The molecule has 1 saturated heterocycles.